The minimum Gasteiger partial charge on any atom is -0.481 e. The van der Waals surface area contributed by atoms with Crippen LogP contribution in [0, 0.1) is 11.8 Å². The van der Waals surface area contributed by atoms with Crippen molar-refractivity contribution in [1.82, 2.24) is 0 Å². The molecule has 0 fully saturated rings. The first-order chi connectivity index (χ1) is 7.64. The number of carboxylic acids is 2. The molecule has 0 radical (unpaired) electrons. The SMILES string of the molecule is CC(C(=O)O)C(O)O.CCC(C(=O)O)C(O)O. The number of carboxylic acid groups (broad SMARTS) is 2. The normalized spacial score (nSPS) is 13.9. The van der Waals surface area contributed by atoms with Crippen molar-refractivity contribution < 1.29 is 40.2 Å². The Labute approximate surface area is 97.8 Å². The highest BCUT2D eigenvalue weighted by atomic mass is 16.5. The molecule has 0 aliphatic carbocycles. The Morgan fingerprint density at radius 1 is 0.941 bits per heavy atom. The van der Waals surface area contributed by atoms with Gasteiger partial charge in [0.05, 0.1) is 0 Å². The molecule has 2 atom stereocenters. The topological polar surface area (TPSA) is 156 Å². The fourth-order valence-corrected chi connectivity index (χ4v) is 0.640. The lowest BCUT2D eigenvalue weighted by Gasteiger charge is -2.10. The van der Waals surface area contributed by atoms with E-state index in [4.69, 9.17) is 30.6 Å². The largest absolute Gasteiger partial charge is 0.481 e. The van der Waals surface area contributed by atoms with Crippen molar-refractivity contribution in [3.8, 4) is 0 Å². The van der Waals surface area contributed by atoms with Crippen LogP contribution in [-0.4, -0.2) is 55.2 Å². The first-order valence-electron chi connectivity index (χ1n) is 4.82. The third kappa shape index (κ3) is 8.57. The second-order valence-corrected chi connectivity index (χ2v) is 3.31. The van der Waals surface area contributed by atoms with Crippen LogP contribution in [-0.2, 0) is 9.59 Å². The number of hydrogen-bond acceptors (Lipinski definition) is 6. The van der Waals surface area contributed by atoms with E-state index in [0.717, 1.165) is 0 Å². The van der Waals surface area contributed by atoms with Crippen molar-refractivity contribution >= 4 is 11.9 Å². The van der Waals surface area contributed by atoms with Crippen LogP contribution in [0.15, 0.2) is 0 Å². The van der Waals surface area contributed by atoms with Gasteiger partial charge in [-0.1, -0.05) is 6.92 Å². The highest BCUT2D eigenvalue weighted by Crippen LogP contribution is 2.05. The molecule has 0 spiro atoms. The van der Waals surface area contributed by atoms with Crippen LogP contribution in [0.2, 0.25) is 0 Å². The van der Waals surface area contributed by atoms with Crippen molar-refractivity contribution in [2.75, 3.05) is 0 Å². The van der Waals surface area contributed by atoms with Gasteiger partial charge in [0.1, 0.15) is 11.8 Å². The summed E-state index contributed by atoms with van der Waals surface area (Å²) in [5.74, 6) is -4.53. The van der Waals surface area contributed by atoms with Crippen LogP contribution in [0.1, 0.15) is 20.3 Å². The van der Waals surface area contributed by atoms with E-state index in [-0.39, 0.29) is 6.42 Å². The third-order valence-corrected chi connectivity index (χ3v) is 1.95. The lowest BCUT2D eigenvalue weighted by Crippen LogP contribution is -2.26. The maximum atomic E-state index is 10.1. The van der Waals surface area contributed by atoms with Gasteiger partial charge in [-0.2, -0.15) is 0 Å². The standard InChI is InChI=1S/C5H10O4.C4H8O4/c1-2-3(4(6)7)5(8)9;1-2(3(5)6)4(7)8/h3-4,6-7H,2H2,1H3,(H,8,9);2-3,5-6H,1H3,(H,7,8). The zero-order valence-corrected chi connectivity index (χ0v) is 9.52. The molecule has 0 heterocycles. The van der Waals surface area contributed by atoms with Crippen LogP contribution in [0.25, 0.3) is 0 Å². The highest BCUT2D eigenvalue weighted by molar-refractivity contribution is 5.70. The first-order valence-corrected chi connectivity index (χ1v) is 4.82. The molecule has 0 bridgehead atoms. The summed E-state index contributed by atoms with van der Waals surface area (Å²) in [4.78, 5) is 19.9. The zero-order chi connectivity index (χ0) is 14.2. The molecule has 17 heavy (non-hydrogen) atoms. The summed E-state index contributed by atoms with van der Waals surface area (Å²) in [6.07, 6.45) is -3.27. The summed E-state index contributed by atoms with van der Waals surface area (Å²) in [7, 11) is 0. The Hall–Kier alpha value is -1.22. The summed E-state index contributed by atoms with van der Waals surface area (Å²) in [6, 6.07) is 0. The Kier molecular flexibility index (Phi) is 9.48. The molecule has 0 amide bonds. The monoisotopic (exact) mass is 254 g/mol. The molecule has 8 heteroatoms. The molecular weight excluding hydrogens is 236 g/mol. The predicted octanol–water partition coefficient (Wildman–Crippen LogP) is -1.57. The molecule has 6 N–H and O–H groups in total. The molecule has 0 aromatic rings. The maximum Gasteiger partial charge on any atom is 0.311 e. The van der Waals surface area contributed by atoms with E-state index >= 15 is 0 Å². The second-order valence-electron chi connectivity index (χ2n) is 3.31. The Bertz CT molecular complexity index is 237. The van der Waals surface area contributed by atoms with E-state index in [0.29, 0.717) is 0 Å². The Balaban J connectivity index is 0. The zero-order valence-electron chi connectivity index (χ0n) is 9.52. The van der Waals surface area contributed by atoms with Crippen molar-refractivity contribution in [2.45, 2.75) is 32.8 Å². The number of hydrogen-bond donors (Lipinski definition) is 6. The minimum absolute atomic E-state index is 0.229. The molecule has 0 aromatic carbocycles. The molecule has 2 unspecified atom stereocenters. The molecule has 0 aromatic heterocycles. The van der Waals surface area contributed by atoms with E-state index in [1.807, 2.05) is 0 Å². The lowest BCUT2D eigenvalue weighted by molar-refractivity contribution is -0.159. The third-order valence-electron chi connectivity index (χ3n) is 1.95. The van der Waals surface area contributed by atoms with Crippen LogP contribution < -0.4 is 0 Å². The quantitative estimate of drug-likeness (QED) is 0.321. The van der Waals surface area contributed by atoms with Gasteiger partial charge in [-0.05, 0) is 13.3 Å². The van der Waals surface area contributed by atoms with Crippen molar-refractivity contribution in [2.24, 2.45) is 11.8 Å². The van der Waals surface area contributed by atoms with Gasteiger partial charge in [0.15, 0.2) is 12.6 Å². The van der Waals surface area contributed by atoms with Gasteiger partial charge >= 0.3 is 11.9 Å². The molecule has 0 aliphatic rings. The van der Waals surface area contributed by atoms with Gasteiger partial charge in [-0.3, -0.25) is 9.59 Å². The fraction of sp³-hybridized carbons (Fsp3) is 0.778. The van der Waals surface area contributed by atoms with Gasteiger partial charge in [0.25, 0.3) is 0 Å². The van der Waals surface area contributed by atoms with Gasteiger partial charge in [0.2, 0.25) is 0 Å². The molecule has 0 saturated heterocycles. The smallest absolute Gasteiger partial charge is 0.311 e. The van der Waals surface area contributed by atoms with Gasteiger partial charge in [-0.25, -0.2) is 0 Å². The lowest BCUT2D eigenvalue weighted by atomic mass is 10.1. The minimum atomic E-state index is -1.76. The van der Waals surface area contributed by atoms with E-state index < -0.39 is 36.4 Å². The molecule has 0 aliphatic heterocycles. The van der Waals surface area contributed by atoms with E-state index in [1.165, 1.54) is 6.92 Å². The fourth-order valence-electron chi connectivity index (χ4n) is 0.640. The Morgan fingerprint density at radius 3 is 1.35 bits per heavy atom. The molecule has 0 rings (SSSR count). The molecule has 0 saturated carbocycles. The van der Waals surface area contributed by atoms with Crippen molar-refractivity contribution in [1.29, 1.82) is 0 Å². The summed E-state index contributed by atoms with van der Waals surface area (Å²) < 4.78 is 0. The average Bonchev–Trinajstić information content (AvgIpc) is 2.16. The predicted molar refractivity (Wildman–Crippen MR) is 54.7 cm³/mol. The number of rotatable bonds is 5. The maximum absolute atomic E-state index is 10.1. The summed E-state index contributed by atoms with van der Waals surface area (Å²) >= 11 is 0. The average molecular weight is 254 g/mol. The van der Waals surface area contributed by atoms with Crippen LogP contribution in [0.3, 0.4) is 0 Å². The first kappa shape index (κ1) is 18.2. The number of carbonyl (C=O) groups is 2. The molecule has 8 nitrogen and oxygen atoms in total. The molecule has 102 valence electrons. The Morgan fingerprint density at radius 2 is 1.35 bits per heavy atom. The number of aliphatic hydroxyl groups is 4. The van der Waals surface area contributed by atoms with Crippen molar-refractivity contribution in [3.05, 3.63) is 0 Å². The van der Waals surface area contributed by atoms with E-state index in [9.17, 15) is 9.59 Å². The summed E-state index contributed by atoms with van der Waals surface area (Å²) in [6.45, 7) is 2.80. The highest BCUT2D eigenvalue weighted by Gasteiger charge is 2.21. The van der Waals surface area contributed by atoms with Crippen LogP contribution in [0.5, 0.6) is 0 Å². The summed E-state index contributed by atoms with van der Waals surface area (Å²) in [5.41, 5.74) is 0. The van der Waals surface area contributed by atoms with E-state index in [1.54, 1.807) is 6.92 Å². The number of aliphatic hydroxyl groups excluding tert-OH is 2. The number of aliphatic carboxylic acids is 2. The van der Waals surface area contributed by atoms with Crippen LogP contribution >= 0.6 is 0 Å². The van der Waals surface area contributed by atoms with Gasteiger partial charge in [-0.15, -0.1) is 0 Å². The van der Waals surface area contributed by atoms with Crippen molar-refractivity contribution in [3.63, 3.8) is 0 Å². The van der Waals surface area contributed by atoms with Crippen LogP contribution in [0.4, 0.5) is 0 Å². The van der Waals surface area contributed by atoms with Gasteiger partial charge in [0, 0.05) is 0 Å². The second kappa shape index (κ2) is 8.88. The summed E-state index contributed by atoms with van der Waals surface area (Å²) in [5, 5.41) is 49.3. The van der Waals surface area contributed by atoms with E-state index in [2.05, 4.69) is 0 Å². The van der Waals surface area contributed by atoms with Gasteiger partial charge < -0.3 is 30.6 Å². The molecular formula is C9H18O8.